The van der Waals surface area contributed by atoms with Gasteiger partial charge in [0.2, 0.25) is 0 Å². The van der Waals surface area contributed by atoms with Crippen molar-refractivity contribution in [1.82, 2.24) is 4.98 Å². The van der Waals surface area contributed by atoms with Gasteiger partial charge >= 0.3 is 5.97 Å². The van der Waals surface area contributed by atoms with Crippen molar-refractivity contribution in [2.45, 2.75) is 12.8 Å². The molecule has 0 unspecified atom stereocenters. The monoisotopic (exact) mass is 295 g/mol. The summed E-state index contributed by atoms with van der Waals surface area (Å²) < 4.78 is 29.5. The minimum Gasteiger partial charge on any atom is -0.469 e. The second-order valence-corrected chi connectivity index (χ2v) is 3.79. The first kappa shape index (κ1) is 12.8. The van der Waals surface area contributed by atoms with E-state index in [1.54, 1.807) is 0 Å². The van der Waals surface area contributed by atoms with Gasteiger partial charge in [-0.3, -0.25) is 9.59 Å². The standard InChI is InChI=1S/C9H8BrF2NO3/c1-16-7(14)3-6-4(8(11)12)2-5(10)9(15)13-6/h2,8H,3H2,1H3,(H,13,15). The molecule has 4 nitrogen and oxygen atoms in total. The summed E-state index contributed by atoms with van der Waals surface area (Å²) in [6.45, 7) is 0. The number of pyridine rings is 1. The predicted molar refractivity (Wildman–Crippen MR) is 55.4 cm³/mol. The maximum atomic E-state index is 12.6. The fourth-order valence-corrected chi connectivity index (χ4v) is 1.46. The Morgan fingerprint density at radius 3 is 2.75 bits per heavy atom. The van der Waals surface area contributed by atoms with Crippen LogP contribution in [0.5, 0.6) is 0 Å². The Hall–Kier alpha value is -1.24. The third-order valence-corrected chi connectivity index (χ3v) is 2.48. The van der Waals surface area contributed by atoms with Gasteiger partial charge in [-0.1, -0.05) is 0 Å². The summed E-state index contributed by atoms with van der Waals surface area (Å²) in [6, 6.07) is 1.00. The van der Waals surface area contributed by atoms with Gasteiger partial charge < -0.3 is 9.72 Å². The number of nitrogens with one attached hydrogen (secondary N) is 1. The van der Waals surface area contributed by atoms with E-state index in [1.807, 2.05) is 0 Å². The molecule has 0 aliphatic heterocycles. The van der Waals surface area contributed by atoms with Crippen LogP contribution in [-0.2, 0) is 16.0 Å². The quantitative estimate of drug-likeness (QED) is 0.865. The normalized spacial score (nSPS) is 10.6. The average molecular weight is 296 g/mol. The molecule has 0 saturated carbocycles. The highest BCUT2D eigenvalue weighted by atomic mass is 79.9. The van der Waals surface area contributed by atoms with Crippen LogP contribution in [0.4, 0.5) is 8.78 Å². The van der Waals surface area contributed by atoms with E-state index in [4.69, 9.17) is 0 Å². The highest BCUT2D eigenvalue weighted by Crippen LogP contribution is 2.23. The molecule has 1 aromatic rings. The van der Waals surface area contributed by atoms with Crippen molar-refractivity contribution < 1.29 is 18.3 Å². The summed E-state index contributed by atoms with van der Waals surface area (Å²) in [5.74, 6) is -0.695. The van der Waals surface area contributed by atoms with Gasteiger partial charge in [-0.2, -0.15) is 0 Å². The van der Waals surface area contributed by atoms with E-state index in [2.05, 4.69) is 25.7 Å². The predicted octanol–water partition coefficient (Wildman–Crippen LogP) is 1.79. The number of hydrogen-bond acceptors (Lipinski definition) is 3. The van der Waals surface area contributed by atoms with Gasteiger partial charge in [0.05, 0.1) is 18.0 Å². The number of H-pyrrole nitrogens is 1. The number of methoxy groups -OCH3 is 1. The molecule has 1 aromatic heterocycles. The van der Waals surface area contributed by atoms with E-state index in [9.17, 15) is 18.4 Å². The zero-order chi connectivity index (χ0) is 12.3. The van der Waals surface area contributed by atoms with E-state index >= 15 is 0 Å². The topological polar surface area (TPSA) is 59.2 Å². The van der Waals surface area contributed by atoms with Gasteiger partial charge in [-0.05, 0) is 22.0 Å². The molecular weight excluding hydrogens is 288 g/mol. The number of aromatic amines is 1. The molecular formula is C9H8BrF2NO3. The summed E-state index contributed by atoms with van der Waals surface area (Å²) >= 11 is 2.84. The molecule has 1 N–H and O–H groups in total. The Balaban J connectivity index is 3.20. The first-order chi connectivity index (χ1) is 7.45. The van der Waals surface area contributed by atoms with Crippen LogP contribution in [-0.4, -0.2) is 18.1 Å². The number of carbonyl (C=O) groups excluding carboxylic acids is 1. The largest absolute Gasteiger partial charge is 0.469 e. The molecule has 0 aliphatic carbocycles. The van der Waals surface area contributed by atoms with Gasteiger partial charge in [-0.25, -0.2) is 8.78 Å². The van der Waals surface area contributed by atoms with E-state index in [1.165, 1.54) is 0 Å². The molecule has 0 fully saturated rings. The molecule has 0 saturated heterocycles. The Bertz CT molecular complexity index is 459. The lowest BCUT2D eigenvalue weighted by Crippen LogP contribution is -2.16. The molecule has 7 heteroatoms. The van der Waals surface area contributed by atoms with Crippen molar-refractivity contribution >= 4 is 21.9 Å². The molecule has 0 bridgehead atoms. The maximum absolute atomic E-state index is 12.6. The van der Waals surface area contributed by atoms with E-state index < -0.39 is 29.9 Å². The SMILES string of the molecule is COC(=O)Cc1[nH]c(=O)c(Br)cc1C(F)F. The molecule has 1 rings (SSSR count). The molecule has 0 amide bonds. The fourth-order valence-electron chi connectivity index (χ4n) is 1.12. The van der Waals surface area contributed by atoms with Gasteiger partial charge in [0, 0.05) is 11.3 Å². The van der Waals surface area contributed by atoms with Crippen LogP contribution in [0.25, 0.3) is 0 Å². The summed E-state index contributed by atoms with van der Waals surface area (Å²) in [5.41, 5.74) is -1.09. The zero-order valence-electron chi connectivity index (χ0n) is 8.22. The number of rotatable bonds is 3. The Morgan fingerprint density at radius 2 is 2.25 bits per heavy atom. The highest BCUT2D eigenvalue weighted by Gasteiger charge is 2.18. The molecule has 0 spiro atoms. The van der Waals surface area contributed by atoms with Crippen molar-refractivity contribution in [2.75, 3.05) is 7.11 Å². The lowest BCUT2D eigenvalue weighted by Gasteiger charge is -2.07. The molecule has 0 atom stereocenters. The Morgan fingerprint density at radius 1 is 1.62 bits per heavy atom. The van der Waals surface area contributed by atoms with Crippen LogP contribution in [0.3, 0.4) is 0 Å². The number of carbonyl (C=O) groups is 1. The summed E-state index contributed by atoms with van der Waals surface area (Å²) in [7, 11) is 1.14. The molecule has 1 heterocycles. The van der Waals surface area contributed by atoms with E-state index in [0.717, 1.165) is 13.2 Å². The number of hydrogen-bond donors (Lipinski definition) is 1. The highest BCUT2D eigenvalue weighted by molar-refractivity contribution is 9.10. The van der Waals surface area contributed by atoms with Crippen molar-refractivity contribution in [3.8, 4) is 0 Å². The van der Waals surface area contributed by atoms with Crippen LogP contribution in [0.2, 0.25) is 0 Å². The minimum absolute atomic E-state index is 0.00332. The van der Waals surface area contributed by atoms with Crippen LogP contribution >= 0.6 is 15.9 Å². The van der Waals surface area contributed by atoms with Crippen LogP contribution < -0.4 is 5.56 Å². The van der Waals surface area contributed by atoms with Gasteiger partial charge in [0.1, 0.15) is 0 Å². The fraction of sp³-hybridized carbons (Fsp3) is 0.333. The first-order valence-corrected chi connectivity index (χ1v) is 5.01. The summed E-state index contributed by atoms with van der Waals surface area (Å²) in [4.78, 5) is 24.3. The first-order valence-electron chi connectivity index (χ1n) is 4.22. The molecule has 16 heavy (non-hydrogen) atoms. The third kappa shape index (κ3) is 2.88. The summed E-state index contributed by atoms with van der Waals surface area (Å²) in [5, 5.41) is 0. The zero-order valence-corrected chi connectivity index (χ0v) is 9.81. The number of ether oxygens (including phenoxy) is 1. The van der Waals surface area contributed by atoms with Crippen molar-refractivity contribution in [1.29, 1.82) is 0 Å². The second kappa shape index (κ2) is 5.20. The van der Waals surface area contributed by atoms with Crippen molar-refractivity contribution in [2.24, 2.45) is 0 Å². The van der Waals surface area contributed by atoms with Crippen molar-refractivity contribution in [3.63, 3.8) is 0 Å². The minimum atomic E-state index is -2.77. The molecule has 0 aliphatic rings. The lowest BCUT2D eigenvalue weighted by molar-refractivity contribution is -0.139. The third-order valence-electron chi connectivity index (χ3n) is 1.90. The molecule has 0 aromatic carbocycles. The van der Waals surface area contributed by atoms with Crippen LogP contribution in [0.1, 0.15) is 17.7 Å². The lowest BCUT2D eigenvalue weighted by atomic mass is 10.1. The second-order valence-electron chi connectivity index (χ2n) is 2.93. The van der Waals surface area contributed by atoms with Gasteiger partial charge in [0.15, 0.2) is 0 Å². The number of halogens is 3. The molecule has 0 radical (unpaired) electrons. The summed E-state index contributed by atoms with van der Waals surface area (Å²) in [6.07, 6.45) is -3.16. The molecule has 88 valence electrons. The number of esters is 1. The van der Waals surface area contributed by atoms with Crippen molar-refractivity contribution in [3.05, 3.63) is 32.2 Å². The smallest absolute Gasteiger partial charge is 0.311 e. The average Bonchev–Trinajstić information content (AvgIpc) is 2.22. The van der Waals surface area contributed by atoms with E-state index in [-0.39, 0.29) is 10.2 Å². The number of alkyl halides is 2. The number of aromatic nitrogens is 1. The van der Waals surface area contributed by atoms with E-state index in [0.29, 0.717) is 0 Å². The van der Waals surface area contributed by atoms with Gasteiger partial charge in [0.25, 0.3) is 12.0 Å². The van der Waals surface area contributed by atoms with Crippen LogP contribution in [0, 0.1) is 0 Å². The maximum Gasteiger partial charge on any atom is 0.311 e. The van der Waals surface area contributed by atoms with Gasteiger partial charge in [-0.15, -0.1) is 0 Å². The Labute approximate surface area is 97.7 Å². The van der Waals surface area contributed by atoms with Crippen LogP contribution in [0.15, 0.2) is 15.3 Å². The Kier molecular flexibility index (Phi) is 4.17.